The molecule has 0 radical (unpaired) electrons. The summed E-state index contributed by atoms with van der Waals surface area (Å²) in [6.45, 7) is 3.94. The van der Waals surface area contributed by atoms with E-state index in [2.05, 4.69) is 10.2 Å². The molecule has 1 saturated heterocycles. The number of rotatable bonds is 1. The summed E-state index contributed by atoms with van der Waals surface area (Å²) in [6, 6.07) is 0. The van der Waals surface area contributed by atoms with Crippen LogP contribution in [-0.4, -0.2) is 37.0 Å². The van der Waals surface area contributed by atoms with Gasteiger partial charge in [0.1, 0.15) is 0 Å². The fraction of sp³-hybridized carbons (Fsp3) is 0.923. The van der Waals surface area contributed by atoms with Crippen LogP contribution in [0.25, 0.3) is 0 Å². The molecule has 3 aliphatic rings. The molecule has 2 aliphatic carbocycles. The number of hydrogen-bond donors (Lipinski definition) is 1. The second kappa shape index (κ2) is 4.36. The van der Waals surface area contributed by atoms with Gasteiger partial charge in [-0.3, -0.25) is 4.79 Å². The molecule has 0 spiro atoms. The molecule has 1 amide bonds. The third kappa shape index (κ3) is 1.86. The van der Waals surface area contributed by atoms with E-state index in [0.29, 0.717) is 11.8 Å². The third-order valence-electron chi connectivity index (χ3n) is 4.71. The quantitative estimate of drug-likeness (QED) is 0.724. The minimum atomic E-state index is 0.386. The molecule has 2 saturated carbocycles. The van der Waals surface area contributed by atoms with E-state index < -0.39 is 0 Å². The van der Waals surface area contributed by atoms with Crippen molar-refractivity contribution in [2.45, 2.75) is 32.1 Å². The molecule has 1 N–H and O–H groups in total. The van der Waals surface area contributed by atoms with Crippen molar-refractivity contribution in [3.8, 4) is 0 Å². The van der Waals surface area contributed by atoms with Crippen LogP contribution in [0.2, 0.25) is 0 Å². The van der Waals surface area contributed by atoms with Gasteiger partial charge in [0.15, 0.2) is 0 Å². The van der Waals surface area contributed by atoms with Crippen LogP contribution >= 0.6 is 0 Å². The Balaban J connectivity index is 1.63. The van der Waals surface area contributed by atoms with Gasteiger partial charge < -0.3 is 10.2 Å². The third-order valence-corrected chi connectivity index (χ3v) is 4.71. The number of nitrogens with zero attached hydrogens (tertiary/aromatic N) is 1. The molecular formula is C13H22N2O. The molecule has 16 heavy (non-hydrogen) atoms. The lowest BCUT2D eigenvalue weighted by atomic mass is 9.87. The zero-order valence-electron chi connectivity index (χ0n) is 9.95. The Labute approximate surface area is 97.6 Å². The van der Waals surface area contributed by atoms with Crippen LogP contribution < -0.4 is 5.32 Å². The predicted molar refractivity (Wildman–Crippen MR) is 63.0 cm³/mol. The molecule has 1 heterocycles. The lowest BCUT2D eigenvalue weighted by Crippen LogP contribution is -2.40. The van der Waals surface area contributed by atoms with Crippen LogP contribution in [0.15, 0.2) is 0 Å². The highest BCUT2D eigenvalue weighted by molar-refractivity contribution is 5.79. The summed E-state index contributed by atoms with van der Waals surface area (Å²) in [5, 5.41) is 3.36. The zero-order chi connectivity index (χ0) is 11.0. The van der Waals surface area contributed by atoms with Gasteiger partial charge >= 0.3 is 0 Å². The number of fused-ring (bicyclic) bond motifs is 2. The maximum Gasteiger partial charge on any atom is 0.226 e. The summed E-state index contributed by atoms with van der Waals surface area (Å²) in [4.78, 5) is 14.6. The van der Waals surface area contributed by atoms with Crippen molar-refractivity contribution in [3.63, 3.8) is 0 Å². The van der Waals surface area contributed by atoms with Crippen molar-refractivity contribution >= 4 is 5.91 Å². The molecule has 3 heteroatoms. The smallest absolute Gasteiger partial charge is 0.226 e. The molecule has 2 bridgehead atoms. The first kappa shape index (κ1) is 10.6. The summed E-state index contributed by atoms with van der Waals surface area (Å²) < 4.78 is 0. The van der Waals surface area contributed by atoms with E-state index in [1.165, 1.54) is 25.7 Å². The normalized spacial score (nSPS) is 38.8. The van der Waals surface area contributed by atoms with Gasteiger partial charge in [-0.15, -0.1) is 0 Å². The fourth-order valence-corrected chi connectivity index (χ4v) is 3.85. The summed E-state index contributed by atoms with van der Waals surface area (Å²) in [7, 11) is 0. The van der Waals surface area contributed by atoms with Crippen LogP contribution in [0.1, 0.15) is 32.1 Å². The molecule has 0 aromatic heterocycles. The minimum absolute atomic E-state index is 0.386. The SMILES string of the molecule is O=C(C1CC2CCC1C2)N1CCCNCC1. The van der Waals surface area contributed by atoms with Crippen molar-refractivity contribution in [2.75, 3.05) is 26.2 Å². The van der Waals surface area contributed by atoms with E-state index in [0.717, 1.165) is 44.4 Å². The van der Waals surface area contributed by atoms with Crippen molar-refractivity contribution in [3.05, 3.63) is 0 Å². The second-order valence-corrected chi connectivity index (χ2v) is 5.71. The Morgan fingerprint density at radius 2 is 2.06 bits per heavy atom. The van der Waals surface area contributed by atoms with Gasteiger partial charge in [0.05, 0.1) is 0 Å². The van der Waals surface area contributed by atoms with Crippen LogP contribution in [0.3, 0.4) is 0 Å². The lowest BCUT2D eigenvalue weighted by Gasteiger charge is -2.28. The zero-order valence-corrected chi connectivity index (χ0v) is 9.95. The van der Waals surface area contributed by atoms with Gasteiger partial charge in [-0.25, -0.2) is 0 Å². The van der Waals surface area contributed by atoms with Gasteiger partial charge in [0.25, 0.3) is 0 Å². The minimum Gasteiger partial charge on any atom is -0.341 e. The van der Waals surface area contributed by atoms with Crippen molar-refractivity contribution in [1.82, 2.24) is 10.2 Å². The first-order valence-electron chi connectivity index (χ1n) is 6.84. The summed E-state index contributed by atoms with van der Waals surface area (Å²) in [6.07, 6.45) is 6.34. The van der Waals surface area contributed by atoms with Crippen LogP contribution in [-0.2, 0) is 4.79 Å². The highest BCUT2D eigenvalue weighted by Crippen LogP contribution is 2.48. The van der Waals surface area contributed by atoms with Crippen molar-refractivity contribution in [1.29, 1.82) is 0 Å². The first-order valence-corrected chi connectivity index (χ1v) is 6.84. The Hall–Kier alpha value is -0.570. The topological polar surface area (TPSA) is 32.3 Å². The van der Waals surface area contributed by atoms with Crippen LogP contribution in [0, 0.1) is 17.8 Å². The number of hydrogen-bond acceptors (Lipinski definition) is 2. The van der Waals surface area contributed by atoms with Crippen LogP contribution in [0.5, 0.6) is 0 Å². The van der Waals surface area contributed by atoms with Crippen molar-refractivity contribution in [2.24, 2.45) is 17.8 Å². The number of amides is 1. The lowest BCUT2D eigenvalue weighted by molar-refractivity contribution is -0.137. The summed E-state index contributed by atoms with van der Waals surface area (Å²) in [5.41, 5.74) is 0. The molecular weight excluding hydrogens is 200 g/mol. The average Bonchev–Trinajstić information content (AvgIpc) is 2.82. The largest absolute Gasteiger partial charge is 0.341 e. The van der Waals surface area contributed by atoms with Gasteiger partial charge in [0, 0.05) is 25.6 Å². The molecule has 3 fully saturated rings. The Morgan fingerprint density at radius 1 is 1.12 bits per heavy atom. The van der Waals surface area contributed by atoms with Gasteiger partial charge in [-0.1, -0.05) is 6.42 Å². The molecule has 90 valence electrons. The van der Waals surface area contributed by atoms with Gasteiger partial charge in [-0.2, -0.15) is 0 Å². The molecule has 3 nitrogen and oxygen atoms in total. The Morgan fingerprint density at radius 3 is 2.81 bits per heavy atom. The number of carbonyl (C=O) groups excluding carboxylic acids is 1. The van der Waals surface area contributed by atoms with E-state index in [-0.39, 0.29) is 0 Å². The monoisotopic (exact) mass is 222 g/mol. The average molecular weight is 222 g/mol. The predicted octanol–water partition coefficient (Wildman–Crippen LogP) is 1.24. The number of carbonyl (C=O) groups is 1. The summed E-state index contributed by atoms with van der Waals surface area (Å²) in [5.74, 6) is 2.46. The van der Waals surface area contributed by atoms with Crippen molar-refractivity contribution < 1.29 is 4.79 Å². The maximum atomic E-state index is 12.4. The molecule has 3 atom stereocenters. The van der Waals surface area contributed by atoms with Crippen LogP contribution in [0.4, 0.5) is 0 Å². The Kier molecular flexibility index (Phi) is 2.88. The molecule has 1 aliphatic heterocycles. The van der Waals surface area contributed by atoms with E-state index >= 15 is 0 Å². The fourth-order valence-electron chi connectivity index (χ4n) is 3.85. The highest BCUT2D eigenvalue weighted by atomic mass is 16.2. The van der Waals surface area contributed by atoms with E-state index in [1.807, 2.05) is 0 Å². The Bertz CT molecular complexity index is 271. The first-order chi connectivity index (χ1) is 7.84. The van der Waals surface area contributed by atoms with Gasteiger partial charge in [-0.05, 0) is 44.1 Å². The molecule has 0 aromatic rings. The van der Waals surface area contributed by atoms with Gasteiger partial charge in [0.2, 0.25) is 5.91 Å². The molecule has 3 rings (SSSR count). The van der Waals surface area contributed by atoms with E-state index in [9.17, 15) is 4.79 Å². The second-order valence-electron chi connectivity index (χ2n) is 5.71. The summed E-state index contributed by atoms with van der Waals surface area (Å²) >= 11 is 0. The standard InChI is InChI=1S/C13H22N2O/c16-13(15-6-1-4-14-5-7-15)12-9-10-2-3-11(12)8-10/h10-12,14H,1-9H2. The van der Waals surface area contributed by atoms with E-state index in [1.54, 1.807) is 0 Å². The highest BCUT2D eigenvalue weighted by Gasteiger charge is 2.44. The number of nitrogens with one attached hydrogen (secondary N) is 1. The van der Waals surface area contributed by atoms with E-state index in [4.69, 9.17) is 0 Å². The molecule has 3 unspecified atom stereocenters. The maximum absolute atomic E-state index is 12.4. The molecule has 0 aromatic carbocycles.